The van der Waals surface area contributed by atoms with Crippen molar-refractivity contribution in [2.24, 2.45) is 0 Å². The third kappa shape index (κ3) is 2.39. The van der Waals surface area contributed by atoms with Gasteiger partial charge in [-0.2, -0.15) is 0 Å². The standard InChI is InChI=1S/C17H16ClN/c1-2-15(12-6-4-3-5-7-12)17-10-13-8-9-14(18)11-16(13)19-17/h3-11,15,19H,2H2,1H3. The summed E-state index contributed by atoms with van der Waals surface area (Å²) in [6.45, 7) is 2.22. The van der Waals surface area contributed by atoms with Gasteiger partial charge in [-0.3, -0.25) is 0 Å². The average molecular weight is 270 g/mol. The minimum atomic E-state index is 0.410. The van der Waals surface area contributed by atoms with E-state index >= 15 is 0 Å². The molecule has 1 N–H and O–H groups in total. The number of aromatic nitrogens is 1. The molecule has 0 aliphatic rings. The SMILES string of the molecule is CCC(c1ccccc1)c1cc2ccc(Cl)cc2[nH]1. The Morgan fingerprint density at radius 1 is 1.05 bits per heavy atom. The monoisotopic (exact) mass is 269 g/mol. The lowest BCUT2D eigenvalue weighted by molar-refractivity contribution is 0.758. The Balaban J connectivity index is 2.07. The molecule has 1 unspecified atom stereocenters. The van der Waals surface area contributed by atoms with Crippen LogP contribution in [0, 0.1) is 0 Å². The third-order valence-electron chi connectivity index (χ3n) is 3.59. The highest BCUT2D eigenvalue weighted by molar-refractivity contribution is 6.31. The third-order valence-corrected chi connectivity index (χ3v) is 3.83. The van der Waals surface area contributed by atoms with Gasteiger partial charge in [-0.05, 0) is 35.6 Å². The second-order valence-electron chi connectivity index (χ2n) is 4.83. The van der Waals surface area contributed by atoms with Crippen LogP contribution in [0.5, 0.6) is 0 Å². The second kappa shape index (κ2) is 5.10. The molecule has 2 heteroatoms. The molecule has 0 aliphatic carbocycles. The molecular weight excluding hydrogens is 254 g/mol. The van der Waals surface area contributed by atoms with Crippen molar-refractivity contribution in [3.8, 4) is 0 Å². The summed E-state index contributed by atoms with van der Waals surface area (Å²) in [6.07, 6.45) is 1.07. The van der Waals surface area contributed by atoms with Crippen LogP contribution in [-0.2, 0) is 0 Å². The lowest BCUT2D eigenvalue weighted by atomic mass is 9.93. The molecule has 0 saturated heterocycles. The smallest absolute Gasteiger partial charge is 0.0471 e. The van der Waals surface area contributed by atoms with Gasteiger partial charge in [0.15, 0.2) is 0 Å². The molecule has 0 bridgehead atoms. The normalized spacial score (nSPS) is 12.7. The van der Waals surface area contributed by atoms with Crippen LogP contribution < -0.4 is 0 Å². The van der Waals surface area contributed by atoms with Gasteiger partial charge in [0.1, 0.15) is 0 Å². The van der Waals surface area contributed by atoms with Crippen LogP contribution >= 0.6 is 11.6 Å². The largest absolute Gasteiger partial charge is 0.358 e. The molecule has 0 fully saturated rings. The number of nitrogens with one attached hydrogen (secondary N) is 1. The van der Waals surface area contributed by atoms with E-state index in [0.29, 0.717) is 5.92 Å². The molecule has 0 amide bonds. The number of aromatic amines is 1. The molecule has 1 nitrogen and oxygen atoms in total. The number of hydrogen-bond acceptors (Lipinski definition) is 0. The summed E-state index contributed by atoms with van der Waals surface area (Å²) in [5, 5.41) is 1.99. The van der Waals surface area contributed by atoms with E-state index in [-0.39, 0.29) is 0 Å². The molecule has 0 saturated carbocycles. The van der Waals surface area contributed by atoms with Crippen LogP contribution in [0.3, 0.4) is 0 Å². The minimum absolute atomic E-state index is 0.410. The Kier molecular flexibility index (Phi) is 3.31. The van der Waals surface area contributed by atoms with Gasteiger partial charge in [0, 0.05) is 22.2 Å². The number of rotatable bonds is 3. The van der Waals surface area contributed by atoms with Gasteiger partial charge < -0.3 is 4.98 Å². The molecule has 3 rings (SSSR count). The van der Waals surface area contributed by atoms with Crippen molar-refractivity contribution in [2.75, 3.05) is 0 Å². The first-order valence-corrected chi connectivity index (χ1v) is 6.99. The van der Waals surface area contributed by atoms with Crippen LogP contribution in [0.25, 0.3) is 10.9 Å². The quantitative estimate of drug-likeness (QED) is 0.658. The van der Waals surface area contributed by atoms with Gasteiger partial charge in [-0.25, -0.2) is 0 Å². The van der Waals surface area contributed by atoms with Gasteiger partial charge in [0.05, 0.1) is 0 Å². The molecule has 0 aliphatic heterocycles. The van der Waals surface area contributed by atoms with Crippen molar-refractivity contribution < 1.29 is 0 Å². The summed E-state index contributed by atoms with van der Waals surface area (Å²) in [5.41, 5.74) is 3.71. The Morgan fingerprint density at radius 3 is 2.58 bits per heavy atom. The molecule has 2 aromatic carbocycles. The van der Waals surface area contributed by atoms with Gasteiger partial charge in [-0.1, -0.05) is 54.9 Å². The van der Waals surface area contributed by atoms with E-state index in [1.54, 1.807) is 0 Å². The number of hydrogen-bond donors (Lipinski definition) is 1. The molecule has 1 atom stereocenters. The Hall–Kier alpha value is -1.73. The van der Waals surface area contributed by atoms with E-state index in [1.807, 2.05) is 12.1 Å². The minimum Gasteiger partial charge on any atom is -0.358 e. The first-order chi connectivity index (χ1) is 9.28. The van der Waals surface area contributed by atoms with E-state index in [0.717, 1.165) is 17.0 Å². The molecule has 0 radical (unpaired) electrons. The van der Waals surface area contributed by atoms with Gasteiger partial charge in [0.2, 0.25) is 0 Å². The zero-order valence-corrected chi connectivity index (χ0v) is 11.6. The molecule has 0 spiro atoms. The predicted molar refractivity (Wildman–Crippen MR) is 81.9 cm³/mol. The van der Waals surface area contributed by atoms with Gasteiger partial charge in [0.25, 0.3) is 0 Å². The Morgan fingerprint density at radius 2 is 1.84 bits per heavy atom. The number of benzene rings is 2. The summed E-state index contributed by atoms with van der Waals surface area (Å²) < 4.78 is 0. The Bertz CT molecular complexity index is 685. The first-order valence-electron chi connectivity index (χ1n) is 6.61. The van der Waals surface area contributed by atoms with Crippen molar-refractivity contribution in [3.63, 3.8) is 0 Å². The summed E-state index contributed by atoms with van der Waals surface area (Å²) >= 11 is 6.04. The molecular formula is C17H16ClN. The number of halogens is 1. The predicted octanol–water partition coefficient (Wildman–Crippen LogP) is 5.36. The van der Waals surface area contributed by atoms with E-state index in [2.05, 4.69) is 54.4 Å². The lowest BCUT2D eigenvalue weighted by Gasteiger charge is -2.13. The number of fused-ring (bicyclic) bond motifs is 1. The molecule has 1 aromatic heterocycles. The molecule has 19 heavy (non-hydrogen) atoms. The fourth-order valence-corrected chi connectivity index (χ4v) is 2.80. The maximum Gasteiger partial charge on any atom is 0.0471 e. The maximum atomic E-state index is 6.04. The van der Waals surface area contributed by atoms with Crippen LogP contribution in [0.15, 0.2) is 54.6 Å². The fourth-order valence-electron chi connectivity index (χ4n) is 2.63. The summed E-state index contributed by atoms with van der Waals surface area (Å²) in [6, 6.07) is 18.8. The van der Waals surface area contributed by atoms with E-state index in [4.69, 9.17) is 11.6 Å². The van der Waals surface area contributed by atoms with Crippen LogP contribution in [0.2, 0.25) is 5.02 Å². The van der Waals surface area contributed by atoms with Crippen molar-refractivity contribution >= 4 is 22.5 Å². The molecule has 1 heterocycles. The highest BCUT2D eigenvalue weighted by atomic mass is 35.5. The lowest BCUT2D eigenvalue weighted by Crippen LogP contribution is -1.99. The zero-order valence-electron chi connectivity index (χ0n) is 10.9. The summed E-state index contributed by atoms with van der Waals surface area (Å²) in [7, 11) is 0. The van der Waals surface area contributed by atoms with Crippen LogP contribution in [0.4, 0.5) is 0 Å². The molecule has 96 valence electrons. The van der Waals surface area contributed by atoms with Crippen LogP contribution in [-0.4, -0.2) is 4.98 Å². The molecule has 3 aromatic rings. The van der Waals surface area contributed by atoms with Crippen molar-refractivity contribution in [1.82, 2.24) is 4.98 Å². The average Bonchev–Trinajstić information content (AvgIpc) is 2.83. The first kappa shape index (κ1) is 12.3. The van der Waals surface area contributed by atoms with E-state index in [1.165, 1.54) is 16.6 Å². The van der Waals surface area contributed by atoms with E-state index < -0.39 is 0 Å². The summed E-state index contributed by atoms with van der Waals surface area (Å²) in [4.78, 5) is 3.50. The fraction of sp³-hybridized carbons (Fsp3) is 0.176. The maximum absolute atomic E-state index is 6.04. The van der Waals surface area contributed by atoms with E-state index in [9.17, 15) is 0 Å². The van der Waals surface area contributed by atoms with Crippen molar-refractivity contribution in [2.45, 2.75) is 19.3 Å². The number of H-pyrrole nitrogens is 1. The topological polar surface area (TPSA) is 15.8 Å². The Labute approximate surface area is 118 Å². The zero-order chi connectivity index (χ0) is 13.2. The highest BCUT2D eigenvalue weighted by Gasteiger charge is 2.14. The summed E-state index contributed by atoms with van der Waals surface area (Å²) in [5.74, 6) is 0.410. The van der Waals surface area contributed by atoms with Crippen molar-refractivity contribution in [3.05, 3.63) is 70.9 Å². The van der Waals surface area contributed by atoms with Crippen LogP contribution in [0.1, 0.15) is 30.5 Å². The highest BCUT2D eigenvalue weighted by Crippen LogP contribution is 2.30. The van der Waals surface area contributed by atoms with Gasteiger partial charge >= 0.3 is 0 Å². The van der Waals surface area contributed by atoms with Crippen molar-refractivity contribution in [1.29, 1.82) is 0 Å². The second-order valence-corrected chi connectivity index (χ2v) is 5.26. The van der Waals surface area contributed by atoms with Gasteiger partial charge in [-0.15, -0.1) is 0 Å².